The molecule has 1 aromatic rings. The summed E-state index contributed by atoms with van der Waals surface area (Å²) in [5.74, 6) is -0.0469. The number of hydrogen-bond acceptors (Lipinski definition) is 5. The van der Waals surface area contributed by atoms with Crippen LogP contribution in [0.1, 0.15) is 17.0 Å². The average Bonchev–Trinajstić information content (AvgIpc) is 2.96. The van der Waals surface area contributed by atoms with Gasteiger partial charge in [-0.3, -0.25) is 10.1 Å². The largest absolute Gasteiger partial charge is 0.459 e. The van der Waals surface area contributed by atoms with E-state index in [0.29, 0.717) is 6.42 Å². The van der Waals surface area contributed by atoms with Crippen molar-refractivity contribution in [2.45, 2.75) is 12.5 Å². The maximum Gasteiger partial charge on any atom is 0.293 e. The second-order valence-corrected chi connectivity index (χ2v) is 7.02. The fraction of sp³-hybridized carbons (Fsp3) is 0.455. The van der Waals surface area contributed by atoms with Crippen molar-refractivity contribution in [3.8, 4) is 0 Å². The maximum atomic E-state index is 11.7. The van der Waals surface area contributed by atoms with Crippen LogP contribution in [0.5, 0.6) is 0 Å². The molecule has 0 bridgehead atoms. The molecule has 0 aliphatic carbocycles. The molecule has 0 radical (unpaired) electrons. The molecular weight excluding hydrogens is 288 g/mol. The number of nitrogens with zero attached hydrogens (tertiary/aromatic N) is 1. The van der Waals surface area contributed by atoms with Crippen molar-refractivity contribution >= 4 is 33.1 Å². The lowest BCUT2D eigenvalue weighted by atomic mass is 10.2. The highest BCUT2D eigenvalue weighted by molar-refractivity contribution is 7.91. The van der Waals surface area contributed by atoms with Gasteiger partial charge >= 0.3 is 0 Å². The van der Waals surface area contributed by atoms with Gasteiger partial charge in [-0.15, -0.1) is 0 Å². The number of furan rings is 1. The zero-order valence-corrected chi connectivity index (χ0v) is 12.0. The third-order valence-corrected chi connectivity index (χ3v) is 5.18. The van der Waals surface area contributed by atoms with Gasteiger partial charge in [0.2, 0.25) is 0 Å². The Morgan fingerprint density at radius 3 is 2.84 bits per heavy atom. The molecule has 1 N–H and O–H groups in total. The number of nitrogens with one attached hydrogen (secondary N) is 1. The first kappa shape index (κ1) is 14.0. The summed E-state index contributed by atoms with van der Waals surface area (Å²) in [6.45, 7) is 0. The van der Waals surface area contributed by atoms with Crippen LogP contribution in [0.2, 0.25) is 0 Å². The molecule has 0 saturated carbocycles. The summed E-state index contributed by atoms with van der Waals surface area (Å²) in [6.07, 6.45) is 1.92. The van der Waals surface area contributed by atoms with E-state index in [-0.39, 0.29) is 28.4 Å². The minimum Gasteiger partial charge on any atom is -0.459 e. The minimum atomic E-state index is -2.98. The lowest BCUT2D eigenvalue weighted by Gasteiger charge is -2.25. The fourth-order valence-corrected chi connectivity index (χ4v) is 3.92. The van der Waals surface area contributed by atoms with Crippen molar-refractivity contribution in [1.29, 1.82) is 0 Å². The summed E-state index contributed by atoms with van der Waals surface area (Å²) in [5.41, 5.74) is 0. The molecule has 19 heavy (non-hydrogen) atoms. The lowest BCUT2D eigenvalue weighted by Crippen LogP contribution is -2.46. The molecule has 1 amide bonds. The van der Waals surface area contributed by atoms with E-state index in [9.17, 15) is 13.2 Å². The van der Waals surface area contributed by atoms with Crippen LogP contribution >= 0.6 is 12.2 Å². The lowest BCUT2D eigenvalue weighted by molar-refractivity contribution is 0.0946. The quantitative estimate of drug-likeness (QED) is 0.797. The zero-order valence-electron chi connectivity index (χ0n) is 10.3. The summed E-state index contributed by atoms with van der Waals surface area (Å²) in [5, 5.41) is 2.71. The molecule has 8 heteroatoms. The second kappa shape index (κ2) is 5.30. The summed E-state index contributed by atoms with van der Waals surface area (Å²) in [7, 11) is -1.30. The Morgan fingerprint density at radius 2 is 2.32 bits per heavy atom. The monoisotopic (exact) mass is 302 g/mol. The molecule has 1 saturated heterocycles. The summed E-state index contributed by atoms with van der Waals surface area (Å²) in [4.78, 5) is 13.3. The molecule has 2 heterocycles. The van der Waals surface area contributed by atoms with Crippen molar-refractivity contribution < 1.29 is 17.6 Å². The van der Waals surface area contributed by atoms with Gasteiger partial charge in [-0.05, 0) is 30.8 Å². The highest BCUT2D eigenvalue weighted by atomic mass is 32.2. The highest BCUT2D eigenvalue weighted by Gasteiger charge is 2.32. The van der Waals surface area contributed by atoms with Crippen LogP contribution in [0.25, 0.3) is 0 Å². The molecule has 6 nitrogen and oxygen atoms in total. The van der Waals surface area contributed by atoms with Crippen molar-refractivity contribution in [2.24, 2.45) is 0 Å². The fourth-order valence-electron chi connectivity index (χ4n) is 1.90. The molecule has 1 aliphatic rings. The maximum absolute atomic E-state index is 11.7. The van der Waals surface area contributed by atoms with E-state index >= 15 is 0 Å². The third kappa shape index (κ3) is 3.32. The standard InChI is InChI=1S/C11H14N2O4S2/c1-13(8-4-6-19(15,16)7-8)11(18)12-10(14)9-3-2-5-17-9/h2-3,5,8H,4,6-7H2,1H3,(H,12,14,18)/t8-/m1/s1. The Hall–Kier alpha value is -1.41. The predicted octanol–water partition coefficient (Wildman–Crippen LogP) is 0.413. The molecule has 0 spiro atoms. The predicted molar refractivity (Wildman–Crippen MR) is 73.6 cm³/mol. The van der Waals surface area contributed by atoms with Gasteiger partial charge in [0.25, 0.3) is 5.91 Å². The second-order valence-electron chi connectivity index (χ2n) is 4.40. The molecule has 104 valence electrons. The number of sulfone groups is 1. The molecule has 0 unspecified atom stereocenters. The number of carbonyl (C=O) groups is 1. The number of amides is 1. The van der Waals surface area contributed by atoms with Crippen LogP contribution in [0, 0.1) is 0 Å². The van der Waals surface area contributed by atoms with Gasteiger partial charge in [0.05, 0.1) is 17.8 Å². The summed E-state index contributed by atoms with van der Waals surface area (Å²) < 4.78 is 27.8. The Labute approximate surface area is 116 Å². The summed E-state index contributed by atoms with van der Waals surface area (Å²) >= 11 is 5.10. The van der Waals surface area contributed by atoms with Gasteiger partial charge in [-0.2, -0.15) is 0 Å². The molecular formula is C11H14N2O4S2. The van der Waals surface area contributed by atoms with E-state index in [4.69, 9.17) is 16.6 Å². The van der Waals surface area contributed by atoms with Gasteiger partial charge in [0.1, 0.15) is 0 Å². The van der Waals surface area contributed by atoms with Gasteiger partial charge < -0.3 is 9.32 Å². The molecule has 2 rings (SSSR count). The van der Waals surface area contributed by atoms with Crippen LogP contribution in [0.15, 0.2) is 22.8 Å². The molecule has 1 aliphatic heterocycles. The highest BCUT2D eigenvalue weighted by Crippen LogP contribution is 2.16. The topological polar surface area (TPSA) is 79.6 Å². The first-order chi connectivity index (χ1) is 8.89. The zero-order chi connectivity index (χ0) is 14.0. The van der Waals surface area contributed by atoms with Gasteiger partial charge in [-0.1, -0.05) is 0 Å². The molecule has 1 aromatic heterocycles. The van der Waals surface area contributed by atoms with E-state index in [0.717, 1.165) is 0 Å². The van der Waals surface area contributed by atoms with E-state index in [1.165, 1.54) is 12.3 Å². The molecule has 1 fully saturated rings. The first-order valence-electron chi connectivity index (χ1n) is 5.71. The smallest absolute Gasteiger partial charge is 0.293 e. The van der Waals surface area contributed by atoms with E-state index in [2.05, 4.69) is 5.32 Å². The number of hydrogen-bond donors (Lipinski definition) is 1. The number of carbonyl (C=O) groups excluding carboxylic acids is 1. The Balaban J connectivity index is 1.95. The first-order valence-corrected chi connectivity index (χ1v) is 7.94. The van der Waals surface area contributed by atoms with Crippen LogP contribution in [0.3, 0.4) is 0 Å². The number of rotatable bonds is 2. The van der Waals surface area contributed by atoms with Crippen LogP contribution in [0.4, 0.5) is 0 Å². The average molecular weight is 302 g/mol. The normalized spacial score (nSPS) is 21.0. The van der Waals surface area contributed by atoms with Crippen LogP contribution < -0.4 is 5.32 Å². The van der Waals surface area contributed by atoms with Crippen LogP contribution in [-0.2, 0) is 9.84 Å². The molecule has 0 aromatic carbocycles. The van der Waals surface area contributed by atoms with Crippen molar-refractivity contribution in [1.82, 2.24) is 10.2 Å². The molecule has 1 atom stereocenters. The van der Waals surface area contributed by atoms with E-state index in [1.807, 2.05) is 0 Å². The van der Waals surface area contributed by atoms with Gasteiger partial charge in [-0.25, -0.2) is 8.42 Å². The Morgan fingerprint density at radius 1 is 1.58 bits per heavy atom. The Bertz CT molecular complexity index is 580. The number of thiocarbonyl (C=S) groups is 1. The van der Waals surface area contributed by atoms with Crippen molar-refractivity contribution in [2.75, 3.05) is 18.6 Å². The summed E-state index contributed by atoms with van der Waals surface area (Å²) in [6, 6.07) is 2.94. The minimum absolute atomic E-state index is 0.0697. The van der Waals surface area contributed by atoms with Crippen molar-refractivity contribution in [3.05, 3.63) is 24.2 Å². The third-order valence-electron chi connectivity index (χ3n) is 3.04. The van der Waals surface area contributed by atoms with E-state index < -0.39 is 15.7 Å². The van der Waals surface area contributed by atoms with E-state index in [1.54, 1.807) is 18.0 Å². The Kier molecular flexibility index (Phi) is 3.91. The van der Waals surface area contributed by atoms with Crippen LogP contribution in [-0.4, -0.2) is 48.9 Å². The van der Waals surface area contributed by atoms with Crippen molar-refractivity contribution in [3.63, 3.8) is 0 Å². The van der Waals surface area contributed by atoms with Gasteiger partial charge in [0, 0.05) is 13.1 Å². The SMILES string of the molecule is CN(C(=S)NC(=O)c1ccco1)[C@@H]1CCS(=O)(=O)C1. The van der Waals surface area contributed by atoms with Gasteiger partial charge in [0.15, 0.2) is 20.7 Å².